The van der Waals surface area contributed by atoms with Gasteiger partial charge in [-0.25, -0.2) is 0 Å². The van der Waals surface area contributed by atoms with Crippen LogP contribution in [-0.2, 0) is 17.6 Å². The molecule has 0 aliphatic heterocycles. The van der Waals surface area contributed by atoms with E-state index >= 15 is 0 Å². The van der Waals surface area contributed by atoms with E-state index in [1.54, 1.807) is 0 Å². The normalized spacial score (nSPS) is 19.6. The summed E-state index contributed by atoms with van der Waals surface area (Å²) in [6, 6.07) is 6.74. The number of carbonyl (C=O) groups is 1. The third-order valence-corrected chi connectivity index (χ3v) is 4.58. The minimum absolute atomic E-state index is 0.123. The first-order chi connectivity index (χ1) is 9.72. The largest absolute Gasteiger partial charge is 0.374 e. The Balaban J connectivity index is 1.57. The molecule has 0 radical (unpaired) electrons. The average Bonchev–Trinajstić information content (AvgIpc) is 3.08. The van der Waals surface area contributed by atoms with Crippen molar-refractivity contribution >= 4 is 11.6 Å². The summed E-state index contributed by atoms with van der Waals surface area (Å²) in [5.41, 5.74) is 3.98. The van der Waals surface area contributed by atoms with Gasteiger partial charge in [-0.05, 0) is 62.3 Å². The molecular weight excluding hydrogens is 248 g/mol. The first kappa shape index (κ1) is 13.5. The number of hydrogen-bond acceptors (Lipinski definition) is 2. The van der Waals surface area contributed by atoms with Crippen molar-refractivity contribution in [1.82, 2.24) is 5.32 Å². The van der Waals surface area contributed by atoms with Gasteiger partial charge in [-0.2, -0.15) is 0 Å². The van der Waals surface area contributed by atoms with Crippen LogP contribution in [0.1, 0.15) is 50.2 Å². The molecule has 2 aliphatic carbocycles. The van der Waals surface area contributed by atoms with E-state index in [1.807, 2.05) is 6.92 Å². The van der Waals surface area contributed by atoms with Gasteiger partial charge < -0.3 is 10.6 Å². The summed E-state index contributed by atoms with van der Waals surface area (Å²) in [7, 11) is 0. The molecule has 0 unspecified atom stereocenters. The van der Waals surface area contributed by atoms with Crippen LogP contribution in [0.3, 0.4) is 0 Å². The zero-order valence-corrected chi connectivity index (χ0v) is 12.2. The van der Waals surface area contributed by atoms with E-state index < -0.39 is 0 Å². The highest BCUT2D eigenvalue weighted by Crippen LogP contribution is 2.25. The van der Waals surface area contributed by atoms with Gasteiger partial charge in [-0.1, -0.05) is 18.9 Å². The number of fused-ring (bicyclic) bond motifs is 1. The Kier molecular flexibility index (Phi) is 3.95. The molecule has 1 saturated carbocycles. The maximum Gasteiger partial charge on any atom is 0.242 e. The molecule has 0 spiro atoms. The number of nitrogens with one attached hydrogen (secondary N) is 2. The fourth-order valence-electron chi connectivity index (χ4n) is 3.37. The van der Waals surface area contributed by atoms with Crippen molar-refractivity contribution in [2.45, 2.75) is 64.0 Å². The summed E-state index contributed by atoms with van der Waals surface area (Å²) < 4.78 is 0. The zero-order valence-electron chi connectivity index (χ0n) is 12.2. The molecule has 1 fully saturated rings. The lowest BCUT2D eigenvalue weighted by molar-refractivity contribution is -0.122. The molecule has 2 N–H and O–H groups in total. The Morgan fingerprint density at radius 3 is 2.70 bits per heavy atom. The smallest absolute Gasteiger partial charge is 0.242 e. The summed E-state index contributed by atoms with van der Waals surface area (Å²) in [4.78, 5) is 12.2. The van der Waals surface area contributed by atoms with Crippen LogP contribution in [0, 0.1) is 0 Å². The van der Waals surface area contributed by atoms with Gasteiger partial charge in [-0.15, -0.1) is 0 Å². The van der Waals surface area contributed by atoms with E-state index in [0.29, 0.717) is 6.04 Å². The van der Waals surface area contributed by atoms with Gasteiger partial charge >= 0.3 is 0 Å². The molecule has 0 bridgehead atoms. The molecule has 0 heterocycles. The molecule has 3 nitrogen and oxygen atoms in total. The van der Waals surface area contributed by atoms with Crippen molar-refractivity contribution in [3.63, 3.8) is 0 Å². The molecule has 1 amide bonds. The highest BCUT2D eigenvalue weighted by molar-refractivity contribution is 5.84. The van der Waals surface area contributed by atoms with Crippen molar-refractivity contribution in [2.75, 3.05) is 5.32 Å². The lowest BCUT2D eigenvalue weighted by Gasteiger charge is -2.19. The Bertz CT molecular complexity index is 492. The Morgan fingerprint density at radius 1 is 1.15 bits per heavy atom. The lowest BCUT2D eigenvalue weighted by atomic mass is 10.1. The van der Waals surface area contributed by atoms with Gasteiger partial charge in [0.1, 0.15) is 6.04 Å². The Morgan fingerprint density at radius 2 is 1.90 bits per heavy atom. The van der Waals surface area contributed by atoms with Crippen molar-refractivity contribution in [2.24, 2.45) is 0 Å². The summed E-state index contributed by atoms with van der Waals surface area (Å²) in [6.45, 7) is 1.94. The van der Waals surface area contributed by atoms with Gasteiger partial charge in [0.25, 0.3) is 0 Å². The van der Waals surface area contributed by atoms with Crippen molar-refractivity contribution in [1.29, 1.82) is 0 Å². The van der Waals surface area contributed by atoms with E-state index in [2.05, 4.69) is 28.8 Å². The van der Waals surface area contributed by atoms with Crippen LogP contribution >= 0.6 is 0 Å². The molecule has 2 aliphatic rings. The van der Waals surface area contributed by atoms with Crippen LogP contribution in [-0.4, -0.2) is 18.0 Å². The second-order valence-corrected chi connectivity index (χ2v) is 6.19. The van der Waals surface area contributed by atoms with Gasteiger partial charge in [0, 0.05) is 11.7 Å². The third kappa shape index (κ3) is 2.97. The molecule has 20 heavy (non-hydrogen) atoms. The van der Waals surface area contributed by atoms with Crippen LogP contribution in [0.4, 0.5) is 5.69 Å². The van der Waals surface area contributed by atoms with E-state index in [0.717, 1.165) is 18.5 Å². The van der Waals surface area contributed by atoms with E-state index in [9.17, 15) is 4.79 Å². The molecule has 1 aromatic carbocycles. The van der Waals surface area contributed by atoms with Gasteiger partial charge in [0.05, 0.1) is 0 Å². The second kappa shape index (κ2) is 5.86. The molecule has 3 rings (SSSR count). The third-order valence-electron chi connectivity index (χ3n) is 4.58. The van der Waals surface area contributed by atoms with Gasteiger partial charge in [-0.3, -0.25) is 4.79 Å². The van der Waals surface area contributed by atoms with Gasteiger partial charge in [0.15, 0.2) is 0 Å². The molecular formula is C17H24N2O. The molecule has 1 atom stereocenters. The topological polar surface area (TPSA) is 41.1 Å². The summed E-state index contributed by atoms with van der Waals surface area (Å²) >= 11 is 0. The molecule has 1 aromatic rings. The van der Waals surface area contributed by atoms with Gasteiger partial charge in [0.2, 0.25) is 5.91 Å². The second-order valence-electron chi connectivity index (χ2n) is 6.19. The predicted molar refractivity (Wildman–Crippen MR) is 82.0 cm³/mol. The van der Waals surface area contributed by atoms with Crippen LogP contribution in [0.25, 0.3) is 0 Å². The fraction of sp³-hybridized carbons (Fsp3) is 0.588. The van der Waals surface area contributed by atoms with Crippen molar-refractivity contribution in [3.05, 3.63) is 29.3 Å². The Labute approximate surface area is 121 Å². The van der Waals surface area contributed by atoms with Crippen molar-refractivity contribution < 1.29 is 4.79 Å². The average molecular weight is 272 g/mol. The van der Waals surface area contributed by atoms with E-state index in [4.69, 9.17) is 0 Å². The quantitative estimate of drug-likeness (QED) is 0.884. The molecule has 0 aromatic heterocycles. The summed E-state index contributed by atoms with van der Waals surface area (Å²) in [5.74, 6) is 0.123. The highest BCUT2D eigenvalue weighted by Gasteiger charge is 2.20. The number of carbonyl (C=O) groups excluding carboxylic acids is 1. The maximum atomic E-state index is 12.2. The molecule has 108 valence electrons. The number of hydrogen-bond donors (Lipinski definition) is 2. The monoisotopic (exact) mass is 272 g/mol. The highest BCUT2D eigenvalue weighted by atomic mass is 16.2. The van der Waals surface area contributed by atoms with E-state index in [1.165, 1.54) is 43.2 Å². The first-order valence-electron chi connectivity index (χ1n) is 7.91. The number of rotatable bonds is 4. The van der Waals surface area contributed by atoms with Crippen LogP contribution in [0.5, 0.6) is 0 Å². The standard InChI is InChI=1S/C17H24N2O/c1-12(17(20)19-15-7-2-3-8-15)18-16-10-9-13-5-4-6-14(13)11-16/h9-12,15,18H,2-8H2,1H3,(H,19,20)/t12-/m0/s1. The van der Waals surface area contributed by atoms with Crippen molar-refractivity contribution in [3.8, 4) is 0 Å². The first-order valence-corrected chi connectivity index (χ1v) is 7.91. The number of benzene rings is 1. The number of anilines is 1. The minimum Gasteiger partial charge on any atom is -0.374 e. The predicted octanol–water partition coefficient (Wildman–Crippen LogP) is 3.03. The molecule has 3 heteroatoms. The number of amides is 1. The van der Waals surface area contributed by atoms with Crippen LogP contribution < -0.4 is 10.6 Å². The van der Waals surface area contributed by atoms with Crippen LogP contribution in [0.2, 0.25) is 0 Å². The summed E-state index contributed by atoms with van der Waals surface area (Å²) in [5, 5.41) is 6.48. The van der Waals surface area contributed by atoms with E-state index in [-0.39, 0.29) is 11.9 Å². The maximum absolute atomic E-state index is 12.2. The minimum atomic E-state index is -0.171. The lowest BCUT2D eigenvalue weighted by Crippen LogP contribution is -2.42. The van der Waals surface area contributed by atoms with Crippen LogP contribution in [0.15, 0.2) is 18.2 Å². The number of aryl methyl sites for hydroxylation is 2. The fourth-order valence-corrected chi connectivity index (χ4v) is 3.37. The Hall–Kier alpha value is -1.51. The molecule has 0 saturated heterocycles. The summed E-state index contributed by atoms with van der Waals surface area (Å²) in [6.07, 6.45) is 8.40. The SMILES string of the molecule is C[C@H](Nc1ccc2c(c1)CCC2)C(=O)NC1CCCC1. The zero-order chi connectivity index (χ0) is 13.9.